The normalized spacial score (nSPS) is 21.5. The van der Waals surface area contributed by atoms with Crippen molar-refractivity contribution in [3.63, 3.8) is 0 Å². The summed E-state index contributed by atoms with van der Waals surface area (Å²) < 4.78 is 12.2. The zero-order valence-corrected chi connectivity index (χ0v) is 11.6. The standard InChI is InChI=1S/C13H18BrNO2/c1-9(15)10-4-5-13(12(14)7-10)17-8-11-3-2-6-16-11/h4-5,7,9,11H,2-3,6,8,15H2,1H3. The fraction of sp³-hybridized carbons (Fsp3) is 0.538. The van der Waals surface area contributed by atoms with Crippen molar-refractivity contribution in [1.82, 2.24) is 0 Å². The summed E-state index contributed by atoms with van der Waals surface area (Å²) in [6.07, 6.45) is 2.48. The monoisotopic (exact) mass is 299 g/mol. The molecule has 0 radical (unpaired) electrons. The van der Waals surface area contributed by atoms with Gasteiger partial charge in [0.2, 0.25) is 0 Å². The van der Waals surface area contributed by atoms with Crippen LogP contribution in [0.5, 0.6) is 5.75 Å². The summed E-state index contributed by atoms with van der Waals surface area (Å²) in [6, 6.07) is 6.01. The first kappa shape index (κ1) is 12.9. The SMILES string of the molecule is CC(N)c1ccc(OCC2CCCO2)c(Br)c1. The van der Waals surface area contributed by atoms with Gasteiger partial charge in [-0.3, -0.25) is 0 Å². The lowest BCUT2D eigenvalue weighted by atomic mass is 10.1. The highest BCUT2D eigenvalue weighted by atomic mass is 79.9. The molecule has 0 spiro atoms. The van der Waals surface area contributed by atoms with Gasteiger partial charge in [0.25, 0.3) is 0 Å². The summed E-state index contributed by atoms with van der Waals surface area (Å²) in [5, 5.41) is 0. The van der Waals surface area contributed by atoms with Crippen molar-refractivity contribution in [2.24, 2.45) is 5.73 Å². The third-order valence-electron chi connectivity index (χ3n) is 2.93. The van der Waals surface area contributed by atoms with E-state index in [1.807, 2.05) is 25.1 Å². The van der Waals surface area contributed by atoms with Gasteiger partial charge in [-0.1, -0.05) is 6.07 Å². The van der Waals surface area contributed by atoms with Crippen LogP contribution in [0.3, 0.4) is 0 Å². The molecule has 2 unspecified atom stereocenters. The average molecular weight is 300 g/mol. The lowest BCUT2D eigenvalue weighted by Gasteiger charge is -2.14. The second-order valence-electron chi connectivity index (χ2n) is 4.42. The van der Waals surface area contributed by atoms with Crippen molar-refractivity contribution in [3.05, 3.63) is 28.2 Å². The molecule has 2 rings (SSSR count). The van der Waals surface area contributed by atoms with Crippen LogP contribution >= 0.6 is 15.9 Å². The van der Waals surface area contributed by atoms with Gasteiger partial charge in [0.1, 0.15) is 12.4 Å². The molecule has 2 atom stereocenters. The molecule has 17 heavy (non-hydrogen) atoms. The zero-order valence-electron chi connectivity index (χ0n) is 9.99. The number of halogens is 1. The number of hydrogen-bond donors (Lipinski definition) is 1. The summed E-state index contributed by atoms with van der Waals surface area (Å²) in [7, 11) is 0. The van der Waals surface area contributed by atoms with Gasteiger partial charge in [0, 0.05) is 12.6 Å². The molecule has 3 nitrogen and oxygen atoms in total. The molecule has 1 aliphatic rings. The molecule has 0 aromatic heterocycles. The molecule has 0 aliphatic carbocycles. The lowest BCUT2D eigenvalue weighted by Crippen LogP contribution is -2.16. The number of hydrogen-bond acceptors (Lipinski definition) is 3. The first-order chi connectivity index (χ1) is 8.16. The first-order valence-electron chi connectivity index (χ1n) is 5.96. The summed E-state index contributed by atoms with van der Waals surface area (Å²) in [5.41, 5.74) is 6.92. The van der Waals surface area contributed by atoms with E-state index in [0.717, 1.165) is 35.2 Å². The molecule has 94 valence electrons. The molecule has 1 aromatic carbocycles. The van der Waals surface area contributed by atoms with E-state index in [9.17, 15) is 0 Å². The fourth-order valence-electron chi connectivity index (χ4n) is 1.88. The molecule has 1 fully saturated rings. The van der Waals surface area contributed by atoms with E-state index in [0.29, 0.717) is 6.61 Å². The Morgan fingerprint density at radius 3 is 3.00 bits per heavy atom. The van der Waals surface area contributed by atoms with Gasteiger partial charge >= 0.3 is 0 Å². The maximum Gasteiger partial charge on any atom is 0.133 e. The molecular formula is C13H18BrNO2. The second-order valence-corrected chi connectivity index (χ2v) is 5.28. The smallest absolute Gasteiger partial charge is 0.133 e. The second kappa shape index (κ2) is 5.85. The lowest BCUT2D eigenvalue weighted by molar-refractivity contribution is 0.0677. The fourth-order valence-corrected chi connectivity index (χ4v) is 2.39. The molecule has 1 aromatic rings. The van der Waals surface area contributed by atoms with Crippen LogP contribution in [0, 0.1) is 0 Å². The molecule has 1 aliphatic heterocycles. The van der Waals surface area contributed by atoms with Gasteiger partial charge in [0.15, 0.2) is 0 Å². The Morgan fingerprint density at radius 1 is 1.59 bits per heavy atom. The van der Waals surface area contributed by atoms with E-state index in [4.69, 9.17) is 15.2 Å². The minimum Gasteiger partial charge on any atom is -0.490 e. The van der Waals surface area contributed by atoms with Crippen LogP contribution in [0.25, 0.3) is 0 Å². The van der Waals surface area contributed by atoms with Crippen molar-refractivity contribution < 1.29 is 9.47 Å². The van der Waals surface area contributed by atoms with E-state index in [-0.39, 0.29) is 12.1 Å². The van der Waals surface area contributed by atoms with E-state index < -0.39 is 0 Å². The van der Waals surface area contributed by atoms with Crippen LogP contribution < -0.4 is 10.5 Å². The van der Waals surface area contributed by atoms with Crippen LogP contribution in [-0.4, -0.2) is 19.3 Å². The molecule has 0 bridgehead atoms. The highest BCUT2D eigenvalue weighted by Gasteiger charge is 2.16. The topological polar surface area (TPSA) is 44.5 Å². The Kier molecular flexibility index (Phi) is 4.42. The number of nitrogens with two attached hydrogens (primary N) is 1. The van der Waals surface area contributed by atoms with Crippen molar-refractivity contribution in [3.8, 4) is 5.75 Å². The third kappa shape index (κ3) is 3.44. The minimum atomic E-state index is 0.0403. The van der Waals surface area contributed by atoms with Gasteiger partial charge in [-0.25, -0.2) is 0 Å². The Balaban J connectivity index is 1.96. The quantitative estimate of drug-likeness (QED) is 0.929. The molecule has 2 N–H and O–H groups in total. The van der Waals surface area contributed by atoms with E-state index >= 15 is 0 Å². The van der Waals surface area contributed by atoms with E-state index in [1.165, 1.54) is 0 Å². The minimum absolute atomic E-state index is 0.0403. The predicted molar refractivity (Wildman–Crippen MR) is 71.2 cm³/mol. The molecular weight excluding hydrogens is 282 g/mol. The highest BCUT2D eigenvalue weighted by molar-refractivity contribution is 9.10. The van der Waals surface area contributed by atoms with Crippen LogP contribution in [-0.2, 0) is 4.74 Å². The van der Waals surface area contributed by atoms with Gasteiger partial charge in [-0.05, 0) is 53.4 Å². The number of rotatable bonds is 4. The zero-order chi connectivity index (χ0) is 12.3. The highest BCUT2D eigenvalue weighted by Crippen LogP contribution is 2.28. The number of benzene rings is 1. The van der Waals surface area contributed by atoms with Crippen LogP contribution in [0.2, 0.25) is 0 Å². The summed E-state index contributed by atoms with van der Waals surface area (Å²) in [4.78, 5) is 0. The van der Waals surface area contributed by atoms with E-state index in [1.54, 1.807) is 0 Å². The summed E-state index contributed by atoms with van der Waals surface area (Å²) >= 11 is 3.50. The Bertz CT molecular complexity index is 376. The first-order valence-corrected chi connectivity index (χ1v) is 6.75. The van der Waals surface area contributed by atoms with Gasteiger partial charge in [-0.2, -0.15) is 0 Å². The molecule has 1 saturated heterocycles. The average Bonchev–Trinajstić information content (AvgIpc) is 2.80. The molecule has 0 saturated carbocycles. The number of ether oxygens (including phenoxy) is 2. The van der Waals surface area contributed by atoms with Crippen molar-refractivity contribution in [2.45, 2.75) is 31.9 Å². The van der Waals surface area contributed by atoms with Gasteiger partial charge in [-0.15, -0.1) is 0 Å². The van der Waals surface area contributed by atoms with Crippen LogP contribution in [0.15, 0.2) is 22.7 Å². The predicted octanol–water partition coefficient (Wildman–Crippen LogP) is 3.03. The van der Waals surface area contributed by atoms with Crippen molar-refractivity contribution >= 4 is 15.9 Å². The Hall–Kier alpha value is -0.580. The Labute approximate surface area is 110 Å². The maximum atomic E-state index is 5.82. The largest absolute Gasteiger partial charge is 0.490 e. The molecule has 1 heterocycles. The summed E-state index contributed by atoms with van der Waals surface area (Å²) in [6.45, 7) is 3.45. The van der Waals surface area contributed by atoms with Crippen molar-refractivity contribution in [1.29, 1.82) is 0 Å². The van der Waals surface area contributed by atoms with Crippen molar-refractivity contribution in [2.75, 3.05) is 13.2 Å². The maximum absolute atomic E-state index is 5.82. The molecule has 4 heteroatoms. The van der Waals surface area contributed by atoms with E-state index in [2.05, 4.69) is 15.9 Å². The summed E-state index contributed by atoms with van der Waals surface area (Å²) in [5.74, 6) is 0.852. The third-order valence-corrected chi connectivity index (χ3v) is 3.55. The van der Waals surface area contributed by atoms with Gasteiger partial charge < -0.3 is 15.2 Å². The van der Waals surface area contributed by atoms with Crippen LogP contribution in [0.1, 0.15) is 31.4 Å². The van der Waals surface area contributed by atoms with Crippen LogP contribution in [0.4, 0.5) is 0 Å². The Morgan fingerprint density at radius 2 is 2.41 bits per heavy atom. The van der Waals surface area contributed by atoms with Gasteiger partial charge in [0.05, 0.1) is 10.6 Å². The molecule has 0 amide bonds.